The number of anilines is 1. The fraction of sp³-hybridized carbons (Fsp3) is 0.0833. The van der Waals surface area contributed by atoms with E-state index in [0.717, 1.165) is 5.56 Å². The van der Waals surface area contributed by atoms with Crippen LogP contribution < -0.4 is 16.0 Å². The van der Waals surface area contributed by atoms with Gasteiger partial charge in [0.2, 0.25) is 0 Å². The molecule has 0 radical (unpaired) electrons. The number of aromatic nitrogens is 1. The van der Waals surface area contributed by atoms with Gasteiger partial charge in [0.15, 0.2) is 0 Å². The van der Waals surface area contributed by atoms with Crippen molar-refractivity contribution in [1.82, 2.24) is 4.98 Å². The van der Waals surface area contributed by atoms with Gasteiger partial charge in [0.25, 0.3) is 0 Å². The molecule has 6 heteroatoms. The SMILES string of the molecule is NNc1cc(COc2ccc(Cl)c(Cl)c2)ccn1. The Hall–Kier alpha value is -1.49. The van der Waals surface area contributed by atoms with Crippen LogP contribution in [0.3, 0.4) is 0 Å². The van der Waals surface area contributed by atoms with Crippen LogP contribution in [0.5, 0.6) is 5.75 Å². The van der Waals surface area contributed by atoms with Crippen molar-refractivity contribution in [2.45, 2.75) is 6.61 Å². The summed E-state index contributed by atoms with van der Waals surface area (Å²) >= 11 is 11.7. The second-order valence-electron chi connectivity index (χ2n) is 3.56. The minimum Gasteiger partial charge on any atom is -0.489 e. The molecule has 0 saturated heterocycles. The predicted octanol–water partition coefficient (Wildman–Crippen LogP) is 3.25. The summed E-state index contributed by atoms with van der Waals surface area (Å²) in [7, 11) is 0. The molecule has 2 rings (SSSR count). The highest BCUT2D eigenvalue weighted by Crippen LogP contribution is 2.26. The zero-order valence-electron chi connectivity index (χ0n) is 9.36. The Morgan fingerprint density at radius 3 is 2.72 bits per heavy atom. The number of nitrogens with two attached hydrogens (primary N) is 1. The van der Waals surface area contributed by atoms with Crippen molar-refractivity contribution in [1.29, 1.82) is 0 Å². The zero-order chi connectivity index (χ0) is 13.0. The Balaban J connectivity index is 2.04. The van der Waals surface area contributed by atoms with E-state index in [1.165, 1.54) is 0 Å². The van der Waals surface area contributed by atoms with Gasteiger partial charge in [0.1, 0.15) is 18.2 Å². The first-order chi connectivity index (χ1) is 8.69. The molecule has 1 aromatic heterocycles. The summed E-state index contributed by atoms with van der Waals surface area (Å²) in [6.45, 7) is 0.398. The van der Waals surface area contributed by atoms with Crippen molar-refractivity contribution in [2.75, 3.05) is 5.43 Å². The van der Waals surface area contributed by atoms with Crippen LogP contribution in [0, 0.1) is 0 Å². The standard InChI is InChI=1S/C12H11Cl2N3O/c13-10-2-1-9(6-11(10)14)18-7-8-3-4-16-12(5-8)17-15/h1-6H,7,15H2,(H,16,17). The summed E-state index contributed by atoms with van der Waals surface area (Å²) in [6.07, 6.45) is 1.66. The van der Waals surface area contributed by atoms with Crippen molar-refractivity contribution >= 4 is 29.0 Å². The number of nitrogen functional groups attached to an aromatic ring is 1. The van der Waals surface area contributed by atoms with E-state index in [0.29, 0.717) is 28.2 Å². The van der Waals surface area contributed by atoms with Gasteiger partial charge in [-0.3, -0.25) is 0 Å². The lowest BCUT2D eigenvalue weighted by atomic mass is 10.3. The second-order valence-corrected chi connectivity index (χ2v) is 4.37. The van der Waals surface area contributed by atoms with Gasteiger partial charge in [0.05, 0.1) is 10.0 Å². The van der Waals surface area contributed by atoms with Crippen LogP contribution in [0.15, 0.2) is 36.5 Å². The van der Waals surface area contributed by atoms with Crippen LogP contribution in [-0.2, 0) is 6.61 Å². The molecule has 0 saturated carbocycles. The topological polar surface area (TPSA) is 60.2 Å². The lowest BCUT2D eigenvalue weighted by Crippen LogP contribution is -2.09. The number of rotatable bonds is 4. The van der Waals surface area contributed by atoms with E-state index in [1.54, 1.807) is 30.5 Å². The van der Waals surface area contributed by atoms with Gasteiger partial charge in [-0.2, -0.15) is 0 Å². The smallest absolute Gasteiger partial charge is 0.140 e. The van der Waals surface area contributed by atoms with Crippen LogP contribution in [0.2, 0.25) is 10.0 Å². The second kappa shape index (κ2) is 5.91. The summed E-state index contributed by atoms with van der Waals surface area (Å²) < 4.78 is 5.59. The maximum Gasteiger partial charge on any atom is 0.140 e. The average molecular weight is 284 g/mol. The normalized spacial score (nSPS) is 10.2. The van der Waals surface area contributed by atoms with Crippen LogP contribution >= 0.6 is 23.2 Å². The summed E-state index contributed by atoms with van der Waals surface area (Å²) in [5, 5.41) is 0.968. The fourth-order valence-corrected chi connectivity index (χ4v) is 1.66. The van der Waals surface area contributed by atoms with Gasteiger partial charge < -0.3 is 10.2 Å². The number of nitrogens with zero attached hydrogens (tertiary/aromatic N) is 1. The third-order valence-electron chi connectivity index (χ3n) is 2.27. The van der Waals surface area contributed by atoms with E-state index >= 15 is 0 Å². The van der Waals surface area contributed by atoms with Crippen LogP contribution in [0.4, 0.5) is 5.82 Å². The molecule has 0 unspecified atom stereocenters. The molecular formula is C12H11Cl2N3O. The Bertz CT molecular complexity index is 549. The van der Waals surface area contributed by atoms with E-state index in [1.807, 2.05) is 6.07 Å². The number of nitrogens with one attached hydrogen (secondary N) is 1. The first-order valence-electron chi connectivity index (χ1n) is 5.18. The molecule has 0 amide bonds. The highest BCUT2D eigenvalue weighted by Gasteiger charge is 2.01. The summed E-state index contributed by atoms with van der Waals surface area (Å²) in [5.74, 6) is 6.52. The highest BCUT2D eigenvalue weighted by atomic mass is 35.5. The van der Waals surface area contributed by atoms with Crippen molar-refractivity contribution in [3.63, 3.8) is 0 Å². The molecule has 0 spiro atoms. The number of hydrogen-bond acceptors (Lipinski definition) is 4. The molecule has 2 aromatic rings. The molecule has 0 aliphatic rings. The van der Waals surface area contributed by atoms with Crippen molar-refractivity contribution in [2.24, 2.45) is 5.84 Å². The zero-order valence-corrected chi connectivity index (χ0v) is 10.9. The Kier molecular flexibility index (Phi) is 4.25. The quantitative estimate of drug-likeness (QED) is 0.668. The monoisotopic (exact) mass is 283 g/mol. The molecular weight excluding hydrogens is 273 g/mol. The molecule has 94 valence electrons. The van der Waals surface area contributed by atoms with Crippen molar-refractivity contribution < 1.29 is 4.74 Å². The summed E-state index contributed by atoms with van der Waals surface area (Å²) in [5.41, 5.74) is 3.43. The third-order valence-corrected chi connectivity index (χ3v) is 3.01. The maximum absolute atomic E-state index is 5.89. The number of benzene rings is 1. The van der Waals surface area contributed by atoms with Gasteiger partial charge in [-0.25, -0.2) is 10.8 Å². The van der Waals surface area contributed by atoms with Crippen LogP contribution in [0.1, 0.15) is 5.56 Å². The molecule has 1 heterocycles. The van der Waals surface area contributed by atoms with E-state index in [9.17, 15) is 0 Å². The van der Waals surface area contributed by atoms with Crippen molar-refractivity contribution in [3.05, 3.63) is 52.1 Å². The van der Waals surface area contributed by atoms with Crippen molar-refractivity contribution in [3.8, 4) is 5.75 Å². The number of hydrazine groups is 1. The van der Waals surface area contributed by atoms with E-state index in [2.05, 4.69) is 10.4 Å². The fourth-order valence-electron chi connectivity index (χ4n) is 1.38. The number of pyridine rings is 1. The molecule has 0 aliphatic heterocycles. The molecule has 3 N–H and O–H groups in total. The molecule has 4 nitrogen and oxygen atoms in total. The van der Waals surface area contributed by atoms with Gasteiger partial charge in [-0.1, -0.05) is 23.2 Å². The van der Waals surface area contributed by atoms with E-state index in [4.69, 9.17) is 33.8 Å². The molecule has 18 heavy (non-hydrogen) atoms. The number of hydrogen-bond donors (Lipinski definition) is 2. The van der Waals surface area contributed by atoms with Crippen LogP contribution in [-0.4, -0.2) is 4.98 Å². The molecule has 0 bridgehead atoms. The predicted molar refractivity (Wildman–Crippen MR) is 72.8 cm³/mol. The van der Waals surface area contributed by atoms with E-state index in [-0.39, 0.29) is 0 Å². The Morgan fingerprint density at radius 2 is 2.00 bits per heavy atom. The lowest BCUT2D eigenvalue weighted by molar-refractivity contribution is 0.306. The third kappa shape index (κ3) is 3.26. The van der Waals surface area contributed by atoms with Gasteiger partial charge in [-0.05, 0) is 29.8 Å². The van der Waals surface area contributed by atoms with E-state index < -0.39 is 0 Å². The first kappa shape index (κ1) is 13.0. The highest BCUT2D eigenvalue weighted by molar-refractivity contribution is 6.42. The number of ether oxygens (including phenoxy) is 1. The first-order valence-corrected chi connectivity index (χ1v) is 5.94. The van der Waals surface area contributed by atoms with Gasteiger partial charge in [0, 0.05) is 12.3 Å². The van der Waals surface area contributed by atoms with Crippen LogP contribution in [0.25, 0.3) is 0 Å². The summed E-state index contributed by atoms with van der Waals surface area (Å²) in [6, 6.07) is 8.78. The molecule has 0 atom stereocenters. The largest absolute Gasteiger partial charge is 0.489 e. The molecule has 0 fully saturated rings. The lowest BCUT2D eigenvalue weighted by Gasteiger charge is -2.08. The molecule has 0 aliphatic carbocycles. The maximum atomic E-state index is 5.89. The van der Waals surface area contributed by atoms with Gasteiger partial charge >= 0.3 is 0 Å². The average Bonchev–Trinajstić information content (AvgIpc) is 2.40. The molecule has 1 aromatic carbocycles. The minimum atomic E-state index is 0.398. The minimum absolute atomic E-state index is 0.398. The summed E-state index contributed by atoms with van der Waals surface area (Å²) in [4.78, 5) is 4.01. The number of halogens is 2. The Labute approximate surface area is 115 Å². The Morgan fingerprint density at radius 1 is 1.17 bits per heavy atom. The van der Waals surface area contributed by atoms with Gasteiger partial charge in [-0.15, -0.1) is 0 Å².